The number of benzene rings is 1. The number of rotatable bonds is 3. The molecule has 2 nitrogen and oxygen atoms in total. The predicted molar refractivity (Wildman–Crippen MR) is 71.8 cm³/mol. The van der Waals surface area contributed by atoms with Gasteiger partial charge in [-0.25, -0.2) is 4.79 Å². The van der Waals surface area contributed by atoms with Crippen LogP contribution in [-0.2, 0) is 16.0 Å². The highest BCUT2D eigenvalue weighted by Crippen LogP contribution is 2.06. The Balaban J connectivity index is 0.000000557. The van der Waals surface area contributed by atoms with E-state index in [1.807, 2.05) is 56.3 Å². The van der Waals surface area contributed by atoms with Crippen LogP contribution in [0, 0.1) is 0 Å². The van der Waals surface area contributed by atoms with Gasteiger partial charge in [-0.15, -0.1) is 0 Å². The molecule has 1 aromatic carbocycles. The van der Waals surface area contributed by atoms with Crippen molar-refractivity contribution in [3.8, 4) is 0 Å². The van der Waals surface area contributed by atoms with Crippen LogP contribution in [0.2, 0.25) is 0 Å². The molecule has 0 heterocycles. The molecule has 17 heavy (non-hydrogen) atoms. The Hall–Kier alpha value is -1.83. The van der Waals surface area contributed by atoms with E-state index >= 15 is 0 Å². The number of hydrogen-bond donors (Lipinski definition) is 0. The van der Waals surface area contributed by atoms with E-state index in [-0.39, 0.29) is 5.97 Å². The zero-order valence-electron chi connectivity index (χ0n) is 10.8. The summed E-state index contributed by atoms with van der Waals surface area (Å²) < 4.78 is 4.55. The van der Waals surface area contributed by atoms with Crippen LogP contribution in [0.3, 0.4) is 0 Å². The summed E-state index contributed by atoms with van der Waals surface area (Å²) in [6, 6.07) is 9.70. The van der Waals surface area contributed by atoms with Crippen LogP contribution >= 0.6 is 0 Å². The Bertz CT molecular complexity index is 360. The van der Waals surface area contributed by atoms with Crippen molar-refractivity contribution in [2.24, 2.45) is 0 Å². The van der Waals surface area contributed by atoms with Crippen molar-refractivity contribution in [2.75, 3.05) is 7.11 Å². The van der Waals surface area contributed by atoms with Crippen molar-refractivity contribution in [1.29, 1.82) is 0 Å². The molecule has 0 bridgehead atoms. The molecule has 92 valence electrons. The molecule has 0 aliphatic carbocycles. The molecule has 0 N–H and O–H groups in total. The van der Waals surface area contributed by atoms with Gasteiger partial charge >= 0.3 is 5.97 Å². The van der Waals surface area contributed by atoms with Crippen LogP contribution in [-0.4, -0.2) is 13.1 Å². The molecular formula is C15H20O2. The van der Waals surface area contributed by atoms with Crippen LogP contribution in [0.1, 0.15) is 19.4 Å². The number of ether oxygens (including phenoxy) is 1. The third-order valence-corrected chi connectivity index (χ3v) is 2.07. The summed E-state index contributed by atoms with van der Waals surface area (Å²) in [5.41, 5.74) is 1.55. The number of hydrogen-bond acceptors (Lipinski definition) is 2. The number of methoxy groups -OCH3 is 1. The highest BCUT2D eigenvalue weighted by Gasteiger charge is 2.06. The van der Waals surface area contributed by atoms with E-state index in [1.165, 1.54) is 7.11 Å². The summed E-state index contributed by atoms with van der Waals surface area (Å²) in [6.45, 7) is 7.65. The maximum Gasteiger partial charge on any atom is 0.333 e. The van der Waals surface area contributed by atoms with Crippen molar-refractivity contribution in [3.05, 3.63) is 60.2 Å². The molecule has 0 saturated heterocycles. The first-order chi connectivity index (χ1) is 8.15. The molecule has 0 aliphatic heterocycles. The Kier molecular flexibility index (Phi) is 8.39. The molecule has 0 fully saturated rings. The van der Waals surface area contributed by atoms with Crippen molar-refractivity contribution >= 4 is 5.97 Å². The van der Waals surface area contributed by atoms with Crippen LogP contribution in [0.25, 0.3) is 0 Å². The highest BCUT2D eigenvalue weighted by molar-refractivity contribution is 5.88. The molecule has 1 rings (SSSR count). The first-order valence-corrected chi connectivity index (χ1v) is 5.53. The summed E-state index contributed by atoms with van der Waals surface area (Å²) in [5.74, 6) is -0.344. The summed E-state index contributed by atoms with van der Waals surface area (Å²) in [5, 5.41) is 0. The molecule has 0 saturated carbocycles. The number of carbonyl (C=O) groups is 1. The third kappa shape index (κ3) is 7.12. The average Bonchev–Trinajstić information content (AvgIpc) is 2.39. The summed E-state index contributed by atoms with van der Waals surface area (Å²) in [4.78, 5) is 11.0. The molecule has 0 amide bonds. The monoisotopic (exact) mass is 232 g/mol. The topological polar surface area (TPSA) is 26.3 Å². The standard InChI is InChI=1S/C11H12O2.C4H8/c1-9(11(12)13-2)8-10-6-4-3-5-7-10;1-3-4-2/h3-7H,1,8H2,2H3;3-4H,1-2H3. The largest absolute Gasteiger partial charge is 0.466 e. The molecule has 2 heteroatoms. The molecule has 0 unspecified atom stereocenters. The Morgan fingerprint density at radius 2 is 1.76 bits per heavy atom. The van der Waals surface area contributed by atoms with Gasteiger partial charge in [0.05, 0.1) is 7.11 Å². The van der Waals surface area contributed by atoms with E-state index in [1.54, 1.807) is 0 Å². The smallest absolute Gasteiger partial charge is 0.333 e. The van der Waals surface area contributed by atoms with E-state index in [0.29, 0.717) is 12.0 Å². The van der Waals surface area contributed by atoms with Crippen molar-refractivity contribution in [2.45, 2.75) is 20.3 Å². The SMILES string of the molecule is C=C(Cc1ccccc1)C(=O)OC.CC=CC. The molecular weight excluding hydrogens is 212 g/mol. The van der Waals surface area contributed by atoms with Crippen LogP contribution in [0.15, 0.2) is 54.6 Å². The van der Waals surface area contributed by atoms with Gasteiger partial charge in [-0.3, -0.25) is 0 Å². The van der Waals surface area contributed by atoms with Crippen molar-refractivity contribution < 1.29 is 9.53 Å². The fraction of sp³-hybridized carbons (Fsp3) is 0.267. The van der Waals surface area contributed by atoms with Crippen molar-refractivity contribution in [3.63, 3.8) is 0 Å². The Labute approximate surface area is 104 Å². The Morgan fingerprint density at radius 3 is 2.18 bits per heavy atom. The third-order valence-electron chi connectivity index (χ3n) is 2.07. The van der Waals surface area contributed by atoms with Crippen LogP contribution < -0.4 is 0 Å². The fourth-order valence-corrected chi connectivity index (χ4v) is 1.06. The summed E-state index contributed by atoms with van der Waals surface area (Å²) in [7, 11) is 1.36. The van der Waals surface area contributed by atoms with E-state index < -0.39 is 0 Å². The fourth-order valence-electron chi connectivity index (χ4n) is 1.06. The maximum atomic E-state index is 11.0. The summed E-state index contributed by atoms with van der Waals surface area (Å²) in [6.07, 6.45) is 4.55. The highest BCUT2D eigenvalue weighted by atomic mass is 16.5. The minimum Gasteiger partial charge on any atom is -0.466 e. The molecule has 1 aromatic rings. The lowest BCUT2D eigenvalue weighted by atomic mass is 10.1. The maximum absolute atomic E-state index is 11.0. The molecule has 0 aliphatic rings. The number of allylic oxidation sites excluding steroid dienone is 2. The van der Waals surface area contributed by atoms with Crippen molar-refractivity contribution in [1.82, 2.24) is 0 Å². The van der Waals surface area contributed by atoms with Crippen LogP contribution in [0.5, 0.6) is 0 Å². The second kappa shape index (κ2) is 9.40. The lowest BCUT2D eigenvalue weighted by molar-refractivity contribution is -0.136. The molecule has 0 atom stereocenters. The molecule has 0 radical (unpaired) electrons. The molecule has 0 aromatic heterocycles. The van der Waals surface area contributed by atoms with Gasteiger partial charge in [-0.05, 0) is 19.4 Å². The second-order valence-corrected chi connectivity index (χ2v) is 3.42. The predicted octanol–water partition coefficient (Wildman–Crippen LogP) is 3.54. The van der Waals surface area contributed by atoms with E-state index in [2.05, 4.69) is 11.3 Å². The van der Waals surface area contributed by atoms with Gasteiger partial charge in [0.25, 0.3) is 0 Å². The number of carbonyl (C=O) groups excluding carboxylic acids is 1. The minimum atomic E-state index is -0.344. The van der Waals surface area contributed by atoms with E-state index in [0.717, 1.165) is 5.56 Å². The first kappa shape index (κ1) is 15.2. The molecule has 0 spiro atoms. The Morgan fingerprint density at radius 1 is 1.24 bits per heavy atom. The van der Waals surface area contributed by atoms with Crippen LogP contribution in [0.4, 0.5) is 0 Å². The quantitative estimate of drug-likeness (QED) is 0.452. The number of esters is 1. The van der Waals surface area contributed by atoms with Gasteiger partial charge in [0.2, 0.25) is 0 Å². The van der Waals surface area contributed by atoms with Gasteiger partial charge in [0.1, 0.15) is 0 Å². The van der Waals surface area contributed by atoms with Gasteiger partial charge in [0, 0.05) is 12.0 Å². The minimum absolute atomic E-state index is 0.344. The first-order valence-electron chi connectivity index (χ1n) is 5.53. The summed E-state index contributed by atoms with van der Waals surface area (Å²) >= 11 is 0. The van der Waals surface area contributed by atoms with Gasteiger partial charge in [-0.2, -0.15) is 0 Å². The lowest BCUT2D eigenvalue weighted by Crippen LogP contribution is -2.05. The van der Waals surface area contributed by atoms with E-state index in [9.17, 15) is 4.79 Å². The van der Waals surface area contributed by atoms with E-state index in [4.69, 9.17) is 0 Å². The van der Waals surface area contributed by atoms with Gasteiger partial charge in [-0.1, -0.05) is 49.1 Å². The zero-order valence-corrected chi connectivity index (χ0v) is 10.8. The average molecular weight is 232 g/mol. The second-order valence-electron chi connectivity index (χ2n) is 3.42. The normalized spacial score (nSPS) is 9.35. The lowest BCUT2D eigenvalue weighted by Gasteiger charge is -2.02. The van der Waals surface area contributed by atoms with Gasteiger partial charge < -0.3 is 4.74 Å². The zero-order chi connectivity index (χ0) is 13.1. The van der Waals surface area contributed by atoms with Gasteiger partial charge in [0.15, 0.2) is 0 Å².